The highest BCUT2D eigenvalue weighted by molar-refractivity contribution is 7.90. The quantitative estimate of drug-likeness (QED) is 0.886. The van der Waals surface area contributed by atoms with Gasteiger partial charge in [-0.1, -0.05) is 23.8 Å². The molecule has 1 amide bonds. The normalized spacial score (nSPS) is 15.1. The number of fused-ring (bicyclic) bond motifs is 1. The lowest BCUT2D eigenvalue weighted by atomic mass is 10.2. The summed E-state index contributed by atoms with van der Waals surface area (Å²) in [5, 5.41) is 5.41. The maximum atomic E-state index is 12.3. The van der Waals surface area contributed by atoms with E-state index in [1.54, 1.807) is 24.3 Å². The smallest absolute Gasteiger partial charge is 0.292 e. The second-order valence-electron chi connectivity index (χ2n) is 5.36. The lowest BCUT2D eigenvalue weighted by molar-refractivity contribution is -0.110. The Morgan fingerprint density at radius 1 is 1.04 bits per heavy atom. The van der Waals surface area contributed by atoms with Crippen LogP contribution in [0.4, 0.5) is 11.4 Å². The number of benzene rings is 2. The highest BCUT2D eigenvalue weighted by Crippen LogP contribution is 2.28. The van der Waals surface area contributed by atoms with Crippen LogP contribution in [0.1, 0.15) is 11.1 Å². The number of carbonyl (C=O) groups excluding carboxylic acids is 1. The number of aryl methyl sites for hydroxylation is 2. The molecule has 3 rings (SSSR count). The second kappa shape index (κ2) is 5.51. The van der Waals surface area contributed by atoms with E-state index in [0.717, 1.165) is 11.1 Å². The summed E-state index contributed by atoms with van der Waals surface area (Å²) < 4.78 is 27.9. The van der Waals surface area contributed by atoms with Gasteiger partial charge in [0, 0.05) is 5.69 Å². The molecular weight excluding hydrogens is 314 g/mol. The van der Waals surface area contributed by atoms with Crippen molar-refractivity contribution in [1.29, 1.82) is 0 Å². The molecule has 2 aromatic carbocycles. The zero-order valence-electron chi connectivity index (χ0n) is 12.6. The fraction of sp³-hybridized carbons (Fsp3) is 0.125. The number of amidine groups is 1. The molecule has 6 nitrogen and oxygen atoms in total. The Kier molecular flexibility index (Phi) is 3.65. The van der Waals surface area contributed by atoms with Gasteiger partial charge in [0.1, 0.15) is 4.90 Å². The van der Waals surface area contributed by atoms with Crippen molar-refractivity contribution in [2.75, 3.05) is 10.6 Å². The molecule has 0 aliphatic carbocycles. The SMILES string of the molecule is Cc1ccc(NC(=O)C2=NS(=O)(=O)c3ccc(C)cc3N2)cc1. The molecule has 0 spiro atoms. The predicted octanol–water partition coefficient (Wildman–Crippen LogP) is 2.45. The van der Waals surface area contributed by atoms with E-state index in [4.69, 9.17) is 0 Å². The van der Waals surface area contributed by atoms with Crippen LogP contribution in [0.3, 0.4) is 0 Å². The van der Waals surface area contributed by atoms with E-state index < -0.39 is 15.9 Å². The van der Waals surface area contributed by atoms with Gasteiger partial charge in [-0.25, -0.2) is 0 Å². The highest BCUT2D eigenvalue weighted by atomic mass is 32.2. The van der Waals surface area contributed by atoms with Crippen molar-refractivity contribution in [3.63, 3.8) is 0 Å². The number of hydrogen-bond acceptors (Lipinski definition) is 4. The molecule has 2 N–H and O–H groups in total. The van der Waals surface area contributed by atoms with Crippen LogP contribution in [0.15, 0.2) is 51.8 Å². The van der Waals surface area contributed by atoms with Gasteiger partial charge in [0.05, 0.1) is 5.69 Å². The first-order valence-corrected chi connectivity index (χ1v) is 8.40. The number of nitrogens with zero attached hydrogens (tertiary/aromatic N) is 1. The third kappa shape index (κ3) is 3.09. The molecule has 0 aromatic heterocycles. The third-order valence-electron chi connectivity index (χ3n) is 3.40. The molecule has 1 heterocycles. The lowest BCUT2D eigenvalue weighted by Gasteiger charge is -2.18. The number of rotatable bonds is 2. The van der Waals surface area contributed by atoms with Gasteiger partial charge in [0.2, 0.25) is 5.84 Å². The van der Waals surface area contributed by atoms with E-state index in [0.29, 0.717) is 11.4 Å². The third-order valence-corrected chi connectivity index (χ3v) is 4.74. The maximum Gasteiger partial charge on any atom is 0.292 e. The molecule has 2 aromatic rings. The molecule has 0 saturated carbocycles. The molecule has 0 radical (unpaired) electrons. The number of anilines is 2. The second-order valence-corrected chi connectivity index (χ2v) is 6.93. The minimum atomic E-state index is -3.89. The van der Waals surface area contributed by atoms with E-state index in [9.17, 15) is 13.2 Å². The largest absolute Gasteiger partial charge is 0.334 e. The number of nitrogens with one attached hydrogen (secondary N) is 2. The van der Waals surface area contributed by atoms with E-state index in [1.807, 2.05) is 26.0 Å². The molecular formula is C16H15N3O3S. The molecule has 0 saturated heterocycles. The molecule has 118 valence electrons. The van der Waals surface area contributed by atoms with E-state index >= 15 is 0 Å². The Morgan fingerprint density at radius 2 is 1.70 bits per heavy atom. The fourth-order valence-electron chi connectivity index (χ4n) is 2.21. The predicted molar refractivity (Wildman–Crippen MR) is 89.2 cm³/mol. The summed E-state index contributed by atoms with van der Waals surface area (Å²) in [6, 6.07) is 12.0. The van der Waals surface area contributed by atoms with Gasteiger partial charge in [-0.2, -0.15) is 8.42 Å². The Bertz CT molecular complexity index is 916. The monoisotopic (exact) mass is 329 g/mol. The zero-order valence-corrected chi connectivity index (χ0v) is 13.4. The number of sulfonamides is 1. The number of hydrogen-bond donors (Lipinski definition) is 2. The van der Waals surface area contributed by atoms with E-state index in [1.165, 1.54) is 6.07 Å². The van der Waals surface area contributed by atoms with Crippen molar-refractivity contribution >= 4 is 33.1 Å². The average molecular weight is 329 g/mol. The van der Waals surface area contributed by atoms with Crippen molar-refractivity contribution < 1.29 is 13.2 Å². The molecule has 7 heteroatoms. The molecule has 1 aliphatic heterocycles. The highest BCUT2D eigenvalue weighted by Gasteiger charge is 2.28. The van der Waals surface area contributed by atoms with Crippen LogP contribution in [0, 0.1) is 13.8 Å². The first-order valence-electron chi connectivity index (χ1n) is 6.96. The van der Waals surface area contributed by atoms with Crippen LogP contribution >= 0.6 is 0 Å². The summed E-state index contributed by atoms with van der Waals surface area (Å²) in [5.74, 6) is -0.853. The van der Waals surface area contributed by atoms with Gasteiger partial charge in [0.25, 0.3) is 15.9 Å². The van der Waals surface area contributed by atoms with Gasteiger partial charge >= 0.3 is 0 Å². The topological polar surface area (TPSA) is 87.6 Å². The van der Waals surface area contributed by atoms with Crippen LogP contribution in [-0.2, 0) is 14.8 Å². The van der Waals surface area contributed by atoms with Gasteiger partial charge in [-0.05, 0) is 43.7 Å². The van der Waals surface area contributed by atoms with E-state index in [-0.39, 0.29) is 10.7 Å². The van der Waals surface area contributed by atoms with Gasteiger partial charge in [0.15, 0.2) is 0 Å². The van der Waals surface area contributed by atoms with Gasteiger partial charge in [-0.15, -0.1) is 4.40 Å². The van der Waals surface area contributed by atoms with Crippen LogP contribution in [0.5, 0.6) is 0 Å². The van der Waals surface area contributed by atoms with Crippen molar-refractivity contribution in [3.8, 4) is 0 Å². The summed E-state index contributed by atoms with van der Waals surface area (Å²) in [7, 11) is -3.89. The molecule has 23 heavy (non-hydrogen) atoms. The molecule has 0 atom stereocenters. The molecule has 0 bridgehead atoms. The summed E-state index contributed by atoms with van der Waals surface area (Å²) in [5.41, 5.74) is 2.86. The standard InChI is InChI=1S/C16H15N3O3S/c1-10-3-6-12(7-4-10)17-16(20)15-18-13-9-11(2)5-8-14(13)23(21,22)19-15/h3-9H,1-2H3,(H,17,20)(H,18,19). The fourth-order valence-corrected chi connectivity index (χ4v) is 3.31. The average Bonchev–Trinajstić information content (AvgIpc) is 2.48. The first kappa shape index (κ1) is 15.2. The van der Waals surface area contributed by atoms with Crippen LogP contribution in [-0.4, -0.2) is 20.2 Å². The van der Waals surface area contributed by atoms with Crippen molar-refractivity contribution in [2.24, 2.45) is 4.40 Å². The first-order chi connectivity index (χ1) is 10.8. The summed E-state index contributed by atoms with van der Waals surface area (Å²) >= 11 is 0. The molecule has 1 aliphatic rings. The summed E-state index contributed by atoms with van der Waals surface area (Å²) in [6.07, 6.45) is 0. The van der Waals surface area contributed by atoms with Gasteiger partial charge < -0.3 is 10.6 Å². The van der Waals surface area contributed by atoms with Crippen molar-refractivity contribution in [2.45, 2.75) is 18.7 Å². The Balaban J connectivity index is 1.90. The van der Waals surface area contributed by atoms with Crippen molar-refractivity contribution in [1.82, 2.24) is 0 Å². The minimum absolute atomic E-state index is 0.0648. The van der Waals surface area contributed by atoms with Crippen LogP contribution < -0.4 is 10.6 Å². The Labute approximate surface area is 134 Å². The van der Waals surface area contributed by atoms with E-state index in [2.05, 4.69) is 15.0 Å². The summed E-state index contributed by atoms with van der Waals surface area (Å²) in [6.45, 7) is 3.77. The number of carbonyl (C=O) groups is 1. The Hall–Kier alpha value is -2.67. The lowest BCUT2D eigenvalue weighted by Crippen LogP contribution is -2.33. The Morgan fingerprint density at radius 3 is 2.39 bits per heavy atom. The molecule has 0 fully saturated rings. The summed E-state index contributed by atoms with van der Waals surface area (Å²) in [4.78, 5) is 12.3. The van der Waals surface area contributed by atoms with Crippen LogP contribution in [0.25, 0.3) is 0 Å². The maximum absolute atomic E-state index is 12.3. The number of amides is 1. The minimum Gasteiger partial charge on any atom is -0.334 e. The molecule has 0 unspecified atom stereocenters. The van der Waals surface area contributed by atoms with Crippen molar-refractivity contribution in [3.05, 3.63) is 53.6 Å². The van der Waals surface area contributed by atoms with Gasteiger partial charge in [-0.3, -0.25) is 4.79 Å². The van der Waals surface area contributed by atoms with Crippen LogP contribution in [0.2, 0.25) is 0 Å². The zero-order chi connectivity index (χ0) is 16.6.